The van der Waals surface area contributed by atoms with E-state index in [9.17, 15) is 5.11 Å². The monoisotopic (exact) mass is 676 g/mol. The van der Waals surface area contributed by atoms with Crippen molar-refractivity contribution in [1.29, 1.82) is 0 Å². The van der Waals surface area contributed by atoms with Crippen LogP contribution in [0.1, 0.15) is 68.2 Å². The number of rotatable bonds is 14. The Morgan fingerprint density at radius 2 is 0.896 bits per heavy atom. The summed E-state index contributed by atoms with van der Waals surface area (Å²) in [6.45, 7) is 19.6. The molecule has 254 valence electrons. The Balaban J connectivity index is 1.86. The highest BCUT2D eigenvalue weighted by Crippen LogP contribution is 2.41. The maximum Gasteiger partial charge on any atom is 0.261 e. The molecule has 4 aromatic rings. The Hall–Kier alpha value is -3.29. The van der Waals surface area contributed by atoms with Crippen LogP contribution in [0.25, 0.3) is 0 Å². The SMILES string of the molecule is CC(=C=CCCO)CC(C)(CO[Si](c1ccccc1)(c1ccccc1)C(C)(C)C)CO[Si](c1ccccc1)(c1ccccc1)C(C)(C)C. The first-order valence-corrected chi connectivity index (χ1v) is 21.1. The van der Waals surface area contributed by atoms with Crippen LogP contribution in [-0.2, 0) is 8.85 Å². The zero-order valence-corrected chi connectivity index (χ0v) is 32.4. The molecule has 0 bridgehead atoms. The van der Waals surface area contributed by atoms with Gasteiger partial charge in [-0.1, -0.05) is 170 Å². The molecule has 0 unspecified atom stereocenters. The van der Waals surface area contributed by atoms with Gasteiger partial charge in [0.2, 0.25) is 0 Å². The molecule has 0 amide bonds. The first kappa shape index (κ1) is 37.5. The van der Waals surface area contributed by atoms with Crippen LogP contribution in [0.15, 0.2) is 139 Å². The van der Waals surface area contributed by atoms with Gasteiger partial charge < -0.3 is 14.0 Å². The maximum absolute atomic E-state index is 9.43. The van der Waals surface area contributed by atoms with Crippen molar-refractivity contribution in [1.82, 2.24) is 0 Å². The number of aliphatic hydroxyl groups excluding tert-OH is 1. The van der Waals surface area contributed by atoms with Gasteiger partial charge in [-0.3, -0.25) is 0 Å². The summed E-state index contributed by atoms with van der Waals surface area (Å²) in [4.78, 5) is 0. The Bertz CT molecular complexity index is 1430. The Morgan fingerprint density at radius 3 is 1.17 bits per heavy atom. The lowest BCUT2D eigenvalue weighted by atomic mass is 9.86. The second kappa shape index (κ2) is 15.9. The van der Waals surface area contributed by atoms with E-state index in [0.717, 1.165) is 12.0 Å². The van der Waals surface area contributed by atoms with Crippen molar-refractivity contribution in [3.63, 3.8) is 0 Å². The molecule has 0 fully saturated rings. The predicted molar refractivity (Wildman–Crippen MR) is 209 cm³/mol. The van der Waals surface area contributed by atoms with E-state index in [1.54, 1.807) is 0 Å². The van der Waals surface area contributed by atoms with Crippen molar-refractivity contribution in [2.45, 2.75) is 78.3 Å². The number of hydrogen-bond acceptors (Lipinski definition) is 3. The zero-order valence-electron chi connectivity index (χ0n) is 30.4. The highest BCUT2D eigenvalue weighted by molar-refractivity contribution is 7.00. The summed E-state index contributed by atoms with van der Waals surface area (Å²) in [5.41, 5.74) is 4.22. The van der Waals surface area contributed by atoms with E-state index >= 15 is 0 Å². The second-order valence-electron chi connectivity index (χ2n) is 15.5. The van der Waals surface area contributed by atoms with Gasteiger partial charge in [-0.05, 0) is 62.2 Å². The molecular formula is C43H56O3Si2. The van der Waals surface area contributed by atoms with Gasteiger partial charge in [0, 0.05) is 25.2 Å². The summed E-state index contributed by atoms with van der Waals surface area (Å²) in [5, 5.41) is 14.2. The summed E-state index contributed by atoms with van der Waals surface area (Å²) in [6.07, 6.45) is 3.29. The van der Waals surface area contributed by atoms with E-state index in [1.165, 1.54) is 20.7 Å². The fourth-order valence-electron chi connectivity index (χ4n) is 7.23. The summed E-state index contributed by atoms with van der Waals surface area (Å²) in [5.74, 6) is 0. The molecule has 0 radical (unpaired) electrons. The molecule has 0 saturated heterocycles. The van der Waals surface area contributed by atoms with Gasteiger partial charge in [-0.15, -0.1) is 5.73 Å². The minimum atomic E-state index is -2.80. The highest BCUT2D eigenvalue weighted by atomic mass is 28.4. The molecule has 0 aliphatic heterocycles. The Labute approximate surface area is 292 Å². The van der Waals surface area contributed by atoms with E-state index in [4.69, 9.17) is 8.85 Å². The van der Waals surface area contributed by atoms with Crippen LogP contribution in [-0.4, -0.2) is 41.6 Å². The van der Waals surface area contributed by atoms with E-state index in [-0.39, 0.29) is 22.1 Å². The fourth-order valence-corrected chi connectivity index (χ4v) is 16.7. The predicted octanol–water partition coefficient (Wildman–Crippen LogP) is 8.02. The topological polar surface area (TPSA) is 38.7 Å². The molecule has 0 saturated carbocycles. The lowest BCUT2D eigenvalue weighted by Gasteiger charge is -2.47. The molecule has 4 rings (SSSR count). The van der Waals surface area contributed by atoms with Crippen molar-refractivity contribution in [3.05, 3.63) is 139 Å². The zero-order chi connectivity index (χ0) is 34.9. The molecule has 0 aliphatic rings. The molecule has 3 nitrogen and oxygen atoms in total. The molecule has 48 heavy (non-hydrogen) atoms. The standard InChI is InChI=1S/C43H56O3Si2/c1-36(23-21-22-32-44)33-43(8,34-45-47(41(2,3)4,37-24-13-9-14-25-37)38-26-15-10-16-27-38)35-46-48(42(5,6)7,39-28-17-11-18-29-39)40-30-19-12-20-31-40/h9-21,24-31,44H,22,32-35H2,1-8H3. The van der Waals surface area contributed by atoms with Crippen LogP contribution in [0.4, 0.5) is 0 Å². The van der Waals surface area contributed by atoms with E-state index in [2.05, 4.69) is 182 Å². The Kier molecular flexibility index (Phi) is 12.5. The number of aliphatic hydroxyl groups is 1. The number of hydrogen-bond donors (Lipinski definition) is 1. The van der Waals surface area contributed by atoms with Crippen LogP contribution in [0.2, 0.25) is 10.1 Å². The van der Waals surface area contributed by atoms with Crippen LogP contribution in [0.3, 0.4) is 0 Å². The van der Waals surface area contributed by atoms with Gasteiger partial charge >= 0.3 is 0 Å². The Morgan fingerprint density at radius 1 is 0.583 bits per heavy atom. The van der Waals surface area contributed by atoms with Gasteiger partial charge in [0.1, 0.15) is 0 Å². The molecular weight excluding hydrogens is 621 g/mol. The van der Waals surface area contributed by atoms with Gasteiger partial charge in [0.25, 0.3) is 16.6 Å². The van der Waals surface area contributed by atoms with Crippen LogP contribution in [0, 0.1) is 5.41 Å². The largest absolute Gasteiger partial charge is 0.407 e. The van der Waals surface area contributed by atoms with Gasteiger partial charge in [-0.25, -0.2) is 0 Å². The summed E-state index contributed by atoms with van der Waals surface area (Å²) < 4.78 is 15.2. The molecule has 0 heterocycles. The lowest BCUT2D eigenvalue weighted by Crippen LogP contribution is -2.68. The third kappa shape index (κ3) is 8.29. The number of benzene rings is 4. The molecule has 0 aliphatic carbocycles. The lowest BCUT2D eigenvalue weighted by molar-refractivity contribution is 0.0843. The molecule has 1 N–H and O–H groups in total. The summed E-state index contributed by atoms with van der Waals surface area (Å²) in [7, 11) is -5.59. The van der Waals surface area contributed by atoms with E-state index < -0.39 is 16.6 Å². The molecule has 4 aromatic carbocycles. The van der Waals surface area contributed by atoms with Crippen LogP contribution >= 0.6 is 0 Å². The van der Waals surface area contributed by atoms with Gasteiger partial charge in [-0.2, -0.15) is 0 Å². The summed E-state index contributed by atoms with van der Waals surface area (Å²) in [6, 6.07) is 43.5. The molecule has 5 heteroatoms. The quantitative estimate of drug-likeness (QED) is 0.109. The average molecular weight is 677 g/mol. The van der Waals surface area contributed by atoms with Crippen LogP contribution < -0.4 is 20.7 Å². The van der Waals surface area contributed by atoms with Crippen molar-refractivity contribution < 1.29 is 14.0 Å². The first-order valence-electron chi connectivity index (χ1n) is 17.3. The third-order valence-corrected chi connectivity index (χ3v) is 19.4. The highest BCUT2D eigenvalue weighted by Gasteiger charge is 2.53. The van der Waals surface area contributed by atoms with Crippen molar-refractivity contribution in [3.8, 4) is 0 Å². The minimum absolute atomic E-state index is 0.117. The normalized spacial score (nSPS) is 12.8. The minimum Gasteiger partial charge on any atom is -0.407 e. The smallest absolute Gasteiger partial charge is 0.261 e. The van der Waals surface area contributed by atoms with Crippen LogP contribution in [0.5, 0.6) is 0 Å². The van der Waals surface area contributed by atoms with Gasteiger partial charge in [0.15, 0.2) is 0 Å². The van der Waals surface area contributed by atoms with Crippen molar-refractivity contribution in [2.75, 3.05) is 19.8 Å². The van der Waals surface area contributed by atoms with E-state index in [1.807, 2.05) is 6.08 Å². The molecule has 0 aromatic heterocycles. The summed E-state index contributed by atoms with van der Waals surface area (Å²) >= 11 is 0. The van der Waals surface area contributed by atoms with E-state index in [0.29, 0.717) is 19.6 Å². The maximum atomic E-state index is 9.43. The van der Waals surface area contributed by atoms with Gasteiger partial charge in [0.05, 0.1) is 0 Å². The van der Waals surface area contributed by atoms with Crippen molar-refractivity contribution >= 4 is 37.4 Å². The molecule has 0 spiro atoms. The average Bonchev–Trinajstić information content (AvgIpc) is 3.06. The molecule has 0 atom stereocenters. The third-order valence-electron chi connectivity index (χ3n) is 9.42. The second-order valence-corrected chi connectivity index (χ2v) is 24.1. The first-order chi connectivity index (χ1) is 22.8. The fraction of sp³-hybridized carbons (Fsp3) is 0.372. The van der Waals surface area contributed by atoms with Crippen molar-refractivity contribution in [2.24, 2.45) is 5.41 Å².